The number of hydrazone groups is 1. The van der Waals surface area contributed by atoms with Crippen molar-refractivity contribution in [2.75, 3.05) is 6.61 Å². The largest absolute Gasteiger partial charge is 0.483 e. The molecule has 0 fully saturated rings. The first-order chi connectivity index (χ1) is 15.0. The first-order valence-corrected chi connectivity index (χ1v) is 10.5. The van der Waals surface area contributed by atoms with Crippen molar-refractivity contribution in [3.8, 4) is 5.75 Å². The Balaban J connectivity index is 1.87. The number of alkyl halides is 3. The average Bonchev–Trinajstić information content (AvgIpc) is 3.11. The summed E-state index contributed by atoms with van der Waals surface area (Å²) in [6.07, 6.45) is -5.17. The van der Waals surface area contributed by atoms with E-state index in [0.29, 0.717) is 11.3 Å². The molecular weight excluding hydrogens is 421 g/mol. The van der Waals surface area contributed by atoms with E-state index in [0.717, 1.165) is 23.1 Å². The molecule has 8 heteroatoms. The van der Waals surface area contributed by atoms with E-state index in [4.69, 9.17) is 4.74 Å². The van der Waals surface area contributed by atoms with Gasteiger partial charge in [-0.15, -0.1) is 0 Å². The Kier molecular flexibility index (Phi) is 6.64. The molecule has 3 rings (SSSR count). The van der Waals surface area contributed by atoms with Gasteiger partial charge in [0.2, 0.25) is 0 Å². The Bertz CT molecular complexity index is 1020. The van der Waals surface area contributed by atoms with Crippen molar-refractivity contribution in [3.05, 3.63) is 64.7 Å². The van der Waals surface area contributed by atoms with E-state index < -0.39 is 30.8 Å². The molecule has 2 aromatic rings. The minimum atomic E-state index is -5.09. The van der Waals surface area contributed by atoms with Crippen molar-refractivity contribution in [1.29, 1.82) is 0 Å². The third kappa shape index (κ3) is 4.65. The lowest BCUT2D eigenvalue weighted by Crippen LogP contribution is -2.57. The van der Waals surface area contributed by atoms with Crippen molar-refractivity contribution in [1.82, 2.24) is 5.01 Å². The zero-order valence-corrected chi connectivity index (χ0v) is 18.5. The van der Waals surface area contributed by atoms with E-state index in [-0.39, 0.29) is 16.6 Å². The topological polar surface area (TPSA) is 62.1 Å². The summed E-state index contributed by atoms with van der Waals surface area (Å²) in [5.74, 6) is -0.570. The molecule has 32 heavy (non-hydrogen) atoms. The van der Waals surface area contributed by atoms with Gasteiger partial charge in [-0.2, -0.15) is 23.3 Å². The number of hydrogen-bond donors (Lipinski definition) is 1. The number of aliphatic hydroxyl groups is 1. The molecule has 0 radical (unpaired) electrons. The van der Waals surface area contributed by atoms with Crippen LogP contribution in [0.4, 0.5) is 13.2 Å². The molecule has 0 bridgehead atoms. The van der Waals surface area contributed by atoms with Crippen LogP contribution < -0.4 is 4.74 Å². The fourth-order valence-corrected chi connectivity index (χ4v) is 3.57. The first kappa shape index (κ1) is 23.8. The van der Waals surface area contributed by atoms with Gasteiger partial charge in [0, 0.05) is 0 Å². The maximum Gasteiger partial charge on any atom is 0.438 e. The van der Waals surface area contributed by atoms with E-state index in [1.807, 2.05) is 39.8 Å². The maximum atomic E-state index is 13.8. The van der Waals surface area contributed by atoms with Crippen LogP contribution in [0, 0.1) is 6.92 Å². The Morgan fingerprint density at radius 3 is 2.44 bits per heavy atom. The lowest BCUT2D eigenvalue weighted by atomic mass is 9.99. The molecular formula is C24H27F3N2O3. The molecule has 172 valence electrons. The lowest BCUT2D eigenvalue weighted by molar-refractivity contribution is -0.302. The number of ether oxygens (including phenoxy) is 1. The molecule has 0 saturated heterocycles. The van der Waals surface area contributed by atoms with Crippen molar-refractivity contribution in [2.24, 2.45) is 5.10 Å². The molecule has 5 nitrogen and oxygen atoms in total. The summed E-state index contributed by atoms with van der Waals surface area (Å²) in [5, 5.41) is 14.5. The number of amides is 1. The predicted octanol–water partition coefficient (Wildman–Crippen LogP) is 4.95. The normalized spacial score (nSPS) is 18.8. The van der Waals surface area contributed by atoms with Crippen LogP contribution in [0.3, 0.4) is 0 Å². The molecule has 0 aromatic heterocycles. The highest BCUT2D eigenvalue weighted by atomic mass is 19.4. The van der Waals surface area contributed by atoms with Crippen molar-refractivity contribution < 1.29 is 27.8 Å². The van der Waals surface area contributed by atoms with Crippen LogP contribution in [0.2, 0.25) is 0 Å². The van der Waals surface area contributed by atoms with Gasteiger partial charge in [-0.05, 0) is 47.6 Å². The molecule has 1 heterocycles. The van der Waals surface area contributed by atoms with Crippen LogP contribution in [0.1, 0.15) is 55.4 Å². The standard InChI is InChI=1S/C24H27F3N2O3/c1-5-17-7-9-18(10-8-17)20-13-23(31,24(25,26)27)29(28-20)22(30)14-32-21-12-16(4)6-11-19(21)15(2)3/h6-12,15,31H,5,13-14H2,1-4H3/t23-/m0/s1. The number of carbonyl (C=O) groups is 1. The van der Waals surface area contributed by atoms with Gasteiger partial charge in [0.25, 0.3) is 11.6 Å². The number of nitrogens with zero attached hydrogens (tertiary/aromatic N) is 2. The molecule has 1 atom stereocenters. The number of hydrogen-bond acceptors (Lipinski definition) is 4. The van der Waals surface area contributed by atoms with Crippen LogP contribution in [0.5, 0.6) is 5.75 Å². The zero-order valence-electron chi connectivity index (χ0n) is 18.5. The summed E-state index contributed by atoms with van der Waals surface area (Å²) in [7, 11) is 0. The monoisotopic (exact) mass is 448 g/mol. The summed E-state index contributed by atoms with van der Waals surface area (Å²) in [4.78, 5) is 12.8. The van der Waals surface area contributed by atoms with Gasteiger partial charge in [0.1, 0.15) is 5.75 Å². The third-order valence-corrected chi connectivity index (χ3v) is 5.51. The summed E-state index contributed by atoms with van der Waals surface area (Å²) in [5.41, 5.74) is -0.295. The average molecular weight is 448 g/mol. The SMILES string of the molecule is CCc1ccc(C2=NN(C(=O)COc3cc(C)ccc3C(C)C)[C@@](O)(C(F)(F)F)C2)cc1. The Morgan fingerprint density at radius 2 is 1.88 bits per heavy atom. The highest BCUT2D eigenvalue weighted by Gasteiger charge is 2.63. The van der Waals surface area contributed by atoms with Gasteiger partial charge in [-0.1, -0.05) is 57.2 Å². The molecule has 0 spiro atoms. The number of rotatable bonds is 6. The van der Waals surface area contributed by atoms with Crippen LogP contribution in [0.15, 0.2) is 47.6 Å². The molecule has 2 aromatic carbocycles. The Labute approximate surface area is 185 Å². The molecule has 0 saturated carbocycles. The fraction of sp³-hybridized carbons (Fsp3) is 0.417. The fourth-order valence-electron chi connectivity index (χ4n) is 3.57. The highest BCUT2D eigenvalue weighted by molar-refractivity contribution is 6.03. The maximum absolute atomic E-state index is 13.8. The van der Waals surface area contributed by atoms with Crippen LogP contribution in [-0.2, 0) is 11.2 Å². The molecule has 1 aliphatic rings. The van der Waals surface area contributed by atoms with Gasteiger partial charge in [-0.3, -0.25) is 4.79 Å². The van der Waals surface area contributed by atoms with E-state index in [9.17, 15) is 23.1 Å². The summed E-state index contributed by atoms with van der Waals surface area (Å²) in [6, 6.07) is 12.3. The number of aryl methyl sites for hydroxylation is 2. The minimum absolute atomic E-state index is 0.0146. The first-order valence-electron chi connectivity index (χ1n) is 10.5. The number of benzene rings is 2. The number of halogens is 3. The summed E-state index contributed by atoms with van der Waals surface area (Å²) < 4.78 is 47.0. The van der Waals surface area contributed by atoms with Crippen LogP contribution >= 0.6 is 0 Å². The summed E-state index contributed by atoms with van der Waals surface area (Å²) in [6.45, 7) is 7.02. The van der Waals surface area contributed by atoms with Gasteiger partial charge < -0.3 is 9.84 Å². The van der Waals surface area contributed by atoms with Crippen LogP contribution in [-0.4, -0.2) is 40.2 Å². The number of carbonyl (C=O) groups excluding carboxylic acids is 1. The third-order valence-electron chi connectivity index (χ3n) is 5.51. The van der Waals surface area contributed by atoms with Gasteiger partial charge in [0.05, 0.1) is 12.1 Å². The minimum Gasteiger partial charge on any atom is -0.483 e. The molecule has 1 aliphatic heterocycles. The predicted molar refractivity (Wildman–Crippen MR) is 116 cm³/mol. The van der Waals surface area contributed by atoms with E-state index in [1.54, 1.807) is 30.3 Å². The smallest absolute Gasteiger partial charge is 0.438 e. The molecule has 1 N–H and O–H groups in total. The van der Waals surface area contributed by atoms with E-state index >= 15 is 0 Å². The second-order valence-corrected chi connectivity index (χ2v) is 8.28. The highest BCUT2D eigenvalue weighted by Crippen LogP contribution is 2.41. The van der Waals surface area contributed by atoms with Gasteiger partial charge in [0.15, 0.2) is 6.61 Å². The lowest BCUT2D eigenvalue weighted by Gasteiger charge is -2.32. The molecule has 0 unspecified atom stereocenters. The Hall–Kier alpha value is -2.87. The molecule has 1 amide bonds. The Morgan fingerprint density at radius 1 is 1.22 bits per heavy atom. The molecule has 0 aliphatic carbocycles. The van der Waals surface area contributed by atoms with Crippen molar-refractivity contribution >= 4 is 11.6 Å². The van der Waals surface area contributed by atoms with E-state index in [2.05, 4.69) is 5.10 Å². The van der Waals surface area contributed by atoms with Gasteiger partial charge in [-0.25, -0.2) is 0 Å². The van der Waals surface area contributed by atoms with Crippen molar-refractivity contribution in [2.45, 2.75) is 58.4 Å². The summed E-state index contributed by atoms with van der Waals surface area (Å²) >= 11 is 0. The van der Waals surface area contributed by atoms with Crippen molar-refractivity contribution in [3.63, 3.8) is 0 Å². The van der Waals surface area contributed by atoms with E-state index in [1.165, 1.54) is 0 Å². The van der Waals surface area contributed by atoms with Crippen LogP contribution in [0.25, 0.3) is 0 Å². The quantitative estimate of drug-likeness (QED) is 0.681. The second-order valence-electron chi connectivity index (χ2n) is 8.28. The van der Waals surface area contributed by atoms with Gasteiger partial charge >= 0.3 is 6.18 Å². The zero-order chi connectivity index (χ0) is 23.7. The second kappa shape index (κ2) is 8.94.